The van der Waals surface area contributed by atoms with Crippen LogP contribution in [0.2, 0.25) is 0 Å². The van der Waals surface area contributed by atoms with Gasteiger partial charge < -0.3 is 10.7 Å². The molecule has 0 spiro atoms. The Morgan fingerprint density at radius 3 is 3.06 bits per heavy atom. The van der Waals surface area contributed by atoms with E-state index in [0.29, 0.717) is 6.54 Å². The maximum absolute atomic E-state index is 5.65. The van der Waals surface area contributed by atoms with E-state index < -0.39 is 0 Å². The minimum Gasteiger partial charge on any atom is -0.325 e. The number of aromatic nitrogens is 3. The molecule has 0 saturated carbocycles. The zero-order valence-corrected chi connectivity index (χ0v) is 10.4. The number of para-hydroxylation sites is 1. The second-order valence-electron chi connectivity index (χ2n) is 3.81. The Kier molecular flexibility index (Phi) is 2.05. The summed E-state index contributed by atoms with van der Waals surface area (Å²) in [5.41, 5.74) is 9.91. The number of hydrogen-bond acceptors (Lipinski definition) is 2. The van der Waals surface area contributed by atoms with Gasteiger partial charge >= 0.3 is 0 Å². The summed E-state index contributed by atoms with van der Waals surface area (Å²) in [5.74, 6) is 0.830. The van der Waals surface area contributed by atoms with E-state index in [9.17, 15) is 0 Å². The number of fused-ring (bicyclic) bond motifs is 3. The number of rotatable bonds is 1. The number of nitrogens with zero attached hydrogens (tertiary/aromatic N) is 2. The molecule has 0 bridgehead atoms. The fraction of sp³-hybridized carbons (Fsp3) is 0.182. The number of nitrogens with two attached hydrogens (primary N) is 1. The first-order chi connectivity index (χ1) is 7.72. The number of benzene rings is 1. The van der Waals surface area contributed by atoms with Crippen molar-refractivity contribution in [1.82, 2.24) is 14.4 Å². The first-order valence-electron chi connectivity index (χ1n) is 5.06. The fourth-order valence-electron chi connectivity index (χ4n) is 1.98. The minimum atomic E-state index is 0.469. The lowest BCUT2D eigenvalue weighted by Gasteiger charge is -1.96. The lowest BCUT2D eigenvalue weighted by Crippen LogP contribution is -1.97. The van der Waals surface area contributed by atoms with E-state index in [0.717, 1.165) is 27.1 Å². The van der Waals surface area contributed by atoms with Crippen molar-refractivity contribution >= 4 is 32.7 Å². The van der Waals surface area contributed by atoms with E-state index in [1.54, 1.807) is 0 Å². The molecule has 0 amide bonds. The Morgan fingerprint density at radius 2 is 2.31 bits per heavy atom. The molecule has 3 aromatic rings. The first kappa shape index (κ1) is 9.86. The van der Waals surface area contributed by atoms with Gasteiger partial charge in [-0.2, -0.15) is 0 Å². The molecular weight excluding hydrogens is 268 g/mol. The average Bonchev–Trinajstić information content (AvgIpc) is 2.77. The lowest BCUT2D eigenvalue weighted by molar-refractivity contribution is 1.00. The van der Waals surface area contributed by atoms with Gasteiger partial charge in [0.05, 0.1) is 16.7 Å². The Bertz CT molecular complexity index is 680. The van der Waals surface area contributed by atoms with Gasteiger partial charge in [-0.25, -0.2) is 4.98 Å². The summed E-state index contributed by atoms with van der Waals surface area (Å²) in [6.45, 7) is 2.53. The summed E-state index contributed by atoms with van der Waals surface area (Å²) >= 11 is 3.55. The quantitative estimate of drug-likeness (QED) is 0.718. The van der Waals surface area contributed by atoms with Crippen molar-refractivity contribution in [2.45, 2.75) is 13.5 Å². The normalized spacial score (nSPS) is 11.7. The highest BCUT2D eigenvalue weighted by Crippen LogP contribution is 2.25. The van der Waals surface area contributed by atoms with Crippen LogP contribution in [0.3, 0.4) is 0 Å². The molecule has 0 aliphatic heterocycles. The van der Waals surface area contributed by atoms with Crippen molar-refractivity contribution in [3.05, 3.63) is 34.1 Å². The highest BCUT2D eigenvalue weighted by atomic mass is 79.9. The second kappa shape index (κ2) is 3.33. The molecule has 0 radical (unpaired) electrons. The molecule has 5 heteroatoms. The zero-order chi connectivity index (χ0) is 11.3. The van der Waals surface area contributed by atoms with Gasteiger partial charge in [0.25, 0.3) is 0 Å². The number of aromatic amines is 1. The molecule has 3 N–H and O–H groups in total. The van der Waals surface area contributed by atoms with Gasteiger partial charge in [0, 0.05) is 6.54 Å². The van der Waals surface area contributed by atoms with Crippen LogP contribution in [-0.4, -0.2) is 14.4 Å². The third-order valence-corrected chi connectivity index (χ3v) is 3.63. The van der Waals surface area contributed by atoms with Gasteiger partial charge in [0.1, 0.15) is 4.60 Å². The Hall–Kier alpha value is -1.33. The molecule has 3 rings (SSSR count). The van der Waals surface area contributed by atoms with Crippen LogP contribution in [0, 0.1) is 6.92 Å². The van der Waals surface area contributed by atoms with Gasteiger partial charge in [0.2, 0.25) is 5.78 Å². The monoisotopic (exact) mass is 278 g/mol. The fourth-order valence-corrected chi connectivity index (χ4v) is 2.60. The van der Waals surface area contributed by atoms with Crippen LogP contribution in [0.1, 0.15) is 11.3 Å². The lowest BCUT2D eigenvalue weighted by atomic mass is 10.2. The Balaban J connectivity index is 2.51. The van der Waals surface area contributed by atoms with E-state index in [1.807, 2.05) is 10.5 Å². The smallest absolute Gasteiger partial charge is 0.213 e. The molecular formula is C11H11BrN4. The standard InChI is InChI=1S/C11H11BrN4/c1-6-3-2-4-8-9(6)15-11-14-7(5-13)10(12)16(8)11/h2-4H,5,13H2,1H3,(H,14,15). The van der Waals surface area contributed by atoms with Gasteiger partial charge in [-0.15, -0.1) is 0 Å². The van der Waals surface area contributed by atoms with Crippen LogP contribution >= 0.6 is 15.9 Å². The SMILES string of the molecule is Cc1cccc2c1nc1[nH]c(CN)c(Br)n12. The molecule has 0 fully saturated rings. The van der Waals surface area contributed by atoms with Crippen molar-refractivity contribution in [2.75, 3.05) is 0 Å². The summed E-state index contributed by atoms with van der Waals surface area (Å²) < 4.78 is 3.00. The minimum absolute atomic E-state index is 0.469. The van der Waals surface area contributed by atoms with Gasteiger partial charge in [-0.1, -0.05) is 12.1 Å². The van der Waals surface area contributed by atoms with Gasteiger partial charge in [-0.3, -0.25) is 4.40 Å². The molecule has 0 unspecified atom stereocenters. The molecule has 4 nitrogen and oxygen atoms in total. The van der Waals surface area contributed by atoms with E-state index in [2.05, 4.69) is 45.0 Å². The van der Waals surface area contributed by atoms with Crippen molar-refractivity contribution < 1.29 is 0 Å². The molecule has 82 valence electrons. The molecule has 0 aliphatic carbocycles. The highest BCUT2D eigenvalue weighted by molar-refractivity contribution is 9.10. The topological polar surface area (TPSA) is 59.1 Å². The summed E-state index contributed by atoms with van der Waals surface area (Å²) in [7, 11) is 0. The number of hydrogen-bond donors (Lipinski definition) is 2. The van der Waals surface area contributed by atoms with Crippen molar-refractivity contribution in [1.29, 1.82) is 0 Å². The molecule has 1 aromatic carbocycles. The van der Waals surface area contributed by atoms with Crippen LogP contribution in [0.15, 0.2) is 22.8 Å². The predicted octanol–water partition coefficient (Wildman–Crippen LogP) is 2.35. The first-order valence-corrected chi connectivity index (χ1v) is 5.86. The van der Waals surface area contributed by atoms with Crippen LogP contribution < -0.4 is 5.73 Å². The van der Waals surface area contributed by atoms with E-state index in [-0.39, 0.29) is 0 Å². The number of nitrogens with one attached hydrogen (secondary N) is 1. The number of halogens is 1. The largest absolute Gasteiger partial charge is 0.325 e. The Morgan fingerprint density at radius 1 is 1.50 bits per heavy atom. The number of aryl methyl sites for hydroxylation is 1. The van der Waals surface area contributed by atoms with E-state index >= 15 is 0 Å². The summed E-state index contributed by atoms with van der Waals surface area (Å²) in [5, 5.41) is 0. The molecule has 2 heterocycles. The number of imidazole rings is 2. The van der Waals surface area contributed by atoms with E-state index in [4.69, 9.17) is 5.73 Å². The Labute approximate surface area is 101 Å². The summed E-state index contributed by atoms with van der Waals surface area (Å²) in [6.07, 6.45) is 0. The highest BCUT2D eigenvalue weighted by Gasteiger charge is 2.13. The summed E-state index contributed by atoms with van der Waals surface area (Å²) in [6, 6.07) is 6.15. The van der Waals surface area contributed by atoms with E-state index in [1.165, 1.54) is 5.56 Å². The van der Waals surface area contributed by atoms with Crippen molar-refractivity contribution in [3.8, 4) is 0 Å². The molecule has 0 atom stereocenters. The maximum Gasteiger partial charge on any atom is 0.213 e. The maximum atomic E-state index is 5.65. The second-order valence-corrected chi connectivity index (χ2v) is 4.56. The van der Waals surface area contributed by atoms with Gasteiger partial charge in [0.15, 0.2) is 0 Å². The average molecular weight is 279 g/mol. The van der Waals surface area contributed by atoms with Crippen LogP contribution in [0.25, 0.3) is 16.8 Å². The third kappa shape index (κ3) is 1.15. The van der Waals surface area contributed by atoms with Crippen LogP contribution in [0.5, 0.6) is 0 Å². The number of H-pyrrole nitrogens is 1. The van der Waals surface area contributed by atoms with Crippen molar-refractivity contribution in [3.63, 3.8) is 0 Å². The molecule has 0 aliphatic rings. The molecule has 16 heavy (non-hydrogen) atoms. The predicted molar refractivity (Wildman–Crippen MR) is 67.4 cm³/mol. The zero-order valence-electron chi connectivity index (χ0n) is 8.79. The van der Waals surface area contributed by atoms with Crippen LogP contribution in [0.4, 0.5) is 0 Å². The van der Waals surface area contributed by atoms with Crippen LogP contribution in [-0.2, 0) is 6.54 Å². The molecule has 0 saturated heterocycles. The molecule has 2 aromatic heterocycles. The summed E-state index contributed by atoms with van der Waals surface area (Å²) in [4.78, 5) is 7.78. The van der Waals surface area contributed by atoms with Crippen molar-refractivity contribution in [2.24, 2.45) is 5.73 Å². The van der Waals surface area contributed by atoms with Gasteiger partial charge in [-0.05, 0) is 34.5 Å². The third-order valence-electron chi connectivity index (χ3n) is 2.80.